The van der Waals surface area contributed by atoms with Crippen molar-refractivity contribution < 1.29 is 14.4 Å². The van der Waals surface area contributed by atoms with Crippen LogP contribution in [0.15, 0.2) is 28.8 Å². The van der Waals surface area contributed by atoms with E-state index in [1.54, 1.807) is 25.1 Å². The van der Waals surface area contributed by atoms with Crippen LogP contribution in [0.3, 0.4) is 0 Å². The third-order valence-corrected chi connectivity index (χ3v) is 2.76. The second-order valence-corrected chi connectivity index (χ2v) is 4.36. The zero-order chi connectivity index (χ0) is 13.8. The standard InChI is InChI=1S/C14H16N2O3/c1-3-10-4-5-13(17)12(7-10)15-14(18)8-11-6-9(2)19-16-11/h4-7,17H,3,8H2,1-2H3,(H,15,18). The van der Waals surface area contributed by atoms with Crippen molar-refractivity contribution in [3.8, 4) is 5.75 Å². The van der Waals surface area contributed by atoms with Crippen molar-refractivity contribution in [1.29, 1.82) is 0 Å². The van der Waals surface area contributed by atoms with Gasteiger partial charge in [0.2, 0.25) is 5.91 Å². The summed E-state index contributed by atoms with van der Waals surface area (Å²) in [5.41, 5.74) is 2.04. The number of carbonyl (C=O) groups is 1. The maximum Gasteiger partial charge on any atom is 0.230 e. The van der Waals surface area contributed by atoms with E-state index in [4.69, 9.17) is 4.52 Å². The molecule has 0 aliphatic rings. The van der Waals surface area contributed by atoms with Gasteiger partial charge in [-0.2, -0.15) is 0 Å². The average Bonchev–Trinajstić information content (AvgIpc) is 2.77. The van der Waals surface area contributed by atoms with Gasteiger partial charge in [-0.15, -0.1) is 0 Å². The summed E-state index contributed by atoms with van der Waals surface area (Å²) in [5.74, 6) is 0.484. The quantitative estimate of drug-likeness (QED) is 0.828. The summed E-state index contributed by atoms with van der Waals surface area (Å²) in [6, 6.07) is 6.88. The molecule has 0 saturated carbocycles. The van der Waals surface area contributed by atoms with Crippen LogP contribution < -0.4 is 5.32 Å². The van der Waals surface area contributed by atoms with E-state index in [1.807, 2.05) is 13.0 Å². The van der Waals surface area contributed by atoms with Gasteiger partial charge in [0.25, 0.3) is 0 Å². The van der Waals surface area contributed by atoms with E-state index in [0.717, 1.165) is 12.0 Å². The zero-order valence-corrected chi connectivity index (χ0v) is 10.9. The van der Waals surface area contributed by atoms with E-state index in [-0.39, 0.29) is 18.1 Å². The smallest absolute Gasteiger partial charge is 0.230 e. The lowest BCUT2D eigenvalue weighted by atomic mass is 10.1. The van der Waals surface area contributed by atoms with Gasteiger partial charge in [0.1, 0.15) is 11.5 Å². The number of aromatic nitrogens is 1. The molecule has 19 heavy (non-hydrogen) atoms. The van der Waals surface area contributed by atoms with Crippen molar-refractivity contribution >= 4 is 11.6 Å². The highest BCUT2D eigenvalue weighted by molar-refractivity contribution is 5.93. The van der Waals surface area contributed by atoms with Crippen molar-refractivity contribution in [3.05, 3.63) is 41.3 Å². The Morgan fingerprint density at radius 1 is 1.42 bits per heavy atom. The second kappa shape index (κ2) is 5.56. The summed E-state index contributed by atoms with van der Waals surface area (Å²) >= 11 is 0. The lowest BCUT2D eigenvalue weighted by molar-refractivity contribution is -0.115. The third kappa shape index (κ3) is 3.34. The molecule has 0 atom stereocenters. The van der Waals surface area contributed by atoms with E-state index >= 15 is 0 Å². The number of rotatable bonds is 4. The van der Waals surface area contributed by atoms with Crippen LogP contribution in [0.4, 0.5) is 5.69 Å². The minimum atomic E-state index is -0.239. The molecule has 1 heterocycles. The van der Waals surface area contributed by atoms with Gasteiger partial charge in [0.05, 0.1) is 17.8 Å². The zero-order valence-electron chi connectivity index (χ0n) is 10.9. The number of benzene rings is 1. The molecule has 0 bridgehead atoms. The van der Waals surface area contributed by atoms with Gasteiger partial charge >= 0.3 is 0 Å². The fraction of sp³-hybridized carbons (Fsp3) is 0.286. The molecule has 100 valence electrons. The summed E-state index contributed by atoms with van der Waals surface area (Å²) in [6.07, 6.45) is 0.957. The van der Waals surface area contributed by atoms with Crippen molar-refractivity contribution in [2.75, 3.05) is 5.32 Å². The molecule has 0 radical (unpaired) electrons. The average molecular weight is 260 g/mol. The Morgan fingerprint density at radius 3 is 2.84 bits per heavy atom. The molecule has 0 fully saturated rings. The van der Waals surface area contributed by atoms with E-state index in [9.17, 15) is 9.90 Å². The number of phenolic OH excluding ortho intramolecular Hbond substituents is 1. The Labute approximate surface area is 111 Å². The highest BCUT2D eigenvalue weighted by Crippen LogP contribution is 2.24. The van der Waals surface area contributed by atoms with Crippen LogP contribution in [0.2, 0.25) is 0 Å². The first kappa shape index (κ1) is 13.1. The molecular weight excluding hydrogens is 244 g/mol. The summed E-state index contributed by atoms with van der Waals surface area (Å²) in [6.45, 7) is 3.78. The molecule has 2 N–H and O–H groups in total. The van der Waals surface area contributed by atoms with E-state index in [2.05, 4.69) is 10.5 Å². The summed E-state index contributed by atoms with van der Waals surface area (Å²) < 4.78 is 4.90. The number of carbonyl (C=O) groups excluding carboxylic acids is 1. The maximum atomic E-state index is 11.8. The molecule has 0 aliphatic heterocycles. The van der Waals surface area contributed by atoms with Crippen LogP contribution in [-0.2, 0) is 17.6 Å². The highest BCUT2D eigenvalue weighted by Gasteiger charge is 2.10. The first-order valence-corrected chi connectivity index (χ1v) is 6.12. The number of aryl methyl sites for hydroxylation is 2. The summed E-state index contributed by atoms with van der Waals surface area (Å²) in [5, 5.41) is 16.1. The van der Waals surface area contributed by atoms with Crippen molar-refractivity contribution in [3.63, 3.8) is 0 Å². The minimum Gasteiger partial charge on any atom is -0.506 e. The molecule has 0 saturated heterocycles. The number of hydrogen-bond donors (Lipinski definition) is 2. The number of nitrogens with zero attached hydrogens (tertiary/aromatic N) is 1. The number of phenols is 1. The van der Waals surface area contributed by atoms with Crippen molar-refractivity contribution in [2.24, 2.45) is 0 Å². The van der Waals surface area contributed by atoms with Crippen LogP contribution in [0.25, 0.3) is 0 Å². The fourth-order valence-electron chi connectivity index (χ4n) is 1.76. The number of anilines is 1. The fourth-order valence-corrected chi connectivity index (χ4v) is 1.76. The van der Waals surface area contributed by atoms with Gasteiger partial charge in [-0.3, -0.25) is 4.79 Å². The Kier molecular flexibility index (Phi) is 3.85. The van der Waals surface area contributed by atoms with E-state index in [1.165, 1.54) is 0 Å². The molecular formula is C14H16N2O3. The predicted molar refractivity (Wildman–Crippen MR) is 71.1 cm³/mol. The number of hydrogen-bond acceptors (Lipinski definition) is 4. The first-order chi connectivity index (χ1) is 9.08. The van der Waals surface area contributed by atoms with Crippen LogP contribution in [0.5, 0.6) is 5.75 Å². The van der Waals surface area contributed by atoms with Gasteiger partial charge in [0, 0.05) is 6.07 Å². The SMILES string of the molecule is CCc1ccc(O)c(NC(=O)Cc2cc(C)on2)c1. The number of nitrogens with one attached hydrogen (secondary N) is 1. The normalized spacial score (nSPS) is 10.4. The monoisotopic (exact) mass is 260 g/mol. The molecule has 5 nitrogen and oxygen atoms in total. The van der Waals surface area contributed by atoms with E-state index < -0.39 is 0 Å². The molecule has 2 rings (SSSR count). The molecule has 0 unspecified atom stereocenters. The number of aromatic hydroxyl groups is 1. The molecule has 0 aliphatic carbocycles. The van der Waals surface area contributed by atoms with Gasteiger partial charge in [-0.1, -0.05) is 18.1 Å². The second-order valence-electron chi connectivity index (χ2n) is 4.36. The molecule has 1 amide bonds. The molecule has 1 aromatic carbocycles. The lowest BCUT2D eigenvalue weighted by Gasteiger charge is -2.08. The maximum absolute atomic E-state index is 11.8. The Hall–Kier alpha value is -2.30. The van der Waals surface area contributed by atoms with Gasteiger partial charge < -0.3 is 14.9 Å². The third-order valence-electron chi connectivity index (χ3n) is 2.76. The largest absolute Gasteiger partial charge is 0.506 e. The van der Waals surface area contributed by atoms with Gasteiger partial charge in [-0.25, -0.2) is 0 Å². The Morgan fingerprint density at radius 2 is 2.21 bits per heavy atom. The van der Waals surface area contributed by atoms with E-state index in [0.29, 0.717) is 17.1 Å². The predicted octanol–water partition coefficient (Wildman–Crippen LogP) is 2.43. The van der Waals surface area contributed by atoms with Gasteiger partial charge in [-0.05, 0) is 31.0 Å². The molecule has 2 aromatic rings. The minimum absolute atomic E-state index is 0.0573. The van der Waals surface area contributed by atoms with Crippen LogP contribution in [0, 0.1) is 6.92 Å². The number of amides is 1. The van der Waals surface area contributed by atoms with Crippen LogP contribution in [0.1, 0.15) is 23.9 Å². The van der Waals surface area contributed by atoms with Gasteiger partial charge in [0.15, 0.2) is 0 Å². The van der Waals surface area contributed by atoms with Crippen LogP contribution in [-0.4, -0.2) is 16.2 Å². The van der Waals surface area contributed by atoms with Crippen molar-refractivity contribution in [1.82, 2.24) is 5.16 Å². The van der Waals surface area contributed by atoms with Crippen molar-refractivity contribution in [2.45, 2.75) is 26.7 Å². The summed E-state index contributed by atoms with van der Waals surface area (Å²) in [4.78, 5) is 11.8. The lowest BCUT2D eigenvalue weighted by Crippen LogP contribution is -2.14. The first-order valence-electron chi connectivity index (χ1n) is 6.12. The highest BCUT2D eigenvalue weighted by atomic mass is 16.5. The molecule has 0 spiro atoms. The Bertz CT molecular complexity index is 590. The Balaban J connectivity index is 2.06. The van der Waals surface area contributed by atoms with Crippen LogP contribution >= 0.6 is 0 Å². The molecule has 1 aromatic heterocycles. The molecule has 5 heteroatoms. The summed E-state index contributed by atoms with van der Waals surface area (Å²) in [7, 11) is 0. The topological polar surface area (TPSA) is 75.4 Å².